The molecule has 2 aromatic rings. The number of rotatable bonds is 5. The number of aliphatic hydroxyl groups excluding tert-OH is 1. The van der Waals surface area contributed by atoms with E-state index in [-0.39, 0.29) is 13.4 Å². The summed E-state index contributed by atoms with van der Waals surface area (Å²) in [5, 5.41) is 9.44. The van der Waals surface area contributed by atoms with E-state index in [0.29, 0.717) is 0 Å². The van der Waals surface area contributed by atoms with Crippen LogP contribution in [0.1, 0.15) is 22.3 Å². The lowest BCUT2D eigenvalue weighted by molar-refractivity contribution is 0.0511. The van der Waals surface area contributed by atoms with Gasteiger partial charge in [-0.25, -0.2) is 0 Å². The van der Waals surface area contributed by atoms with E-state index in [1.165, 1.54) is 5.56 Å². The molecule has 0 radical (unpaired) electrons. The van der Waals surface area contributed by atoms with Crippen molar-refractivity contribution in [3.8, 4) is 16.9 Å². The maximum absolute atomic E-state index is 9.44. The third-order valence-electron chi connectivity index (χ3n) is 3.74. The molecule has 0 bridgehead atoms. The number of hydrogen-bond donors (Lipinski definition) is 1. The highest BCUT2D eigenvalue weighted by atomic mass is 16.7. The summed E-state index contributed by atoms with van der Waals surface area (Å²) in [6.07, 6.45) is 0. The quantitative estimate of drug-likeness (QED) is 0.851. The van der Waals surface area contributed by atoms with E-state index in [2.05, 4.69) is 26.8 Å². The number of ether oxygens (including phenoxy) is 2. The predicted molar refractivity (Wildman–Crippen MR) is 84.5 cm³/mol. The maximum atomic E-state index is 9.44. The summed E-state index contributed by atoms with van der Waals surface area (Å²) >= 11 is 0. The van der Waals surface area contributed by atoms with Crippen molar-refractivity contribution in [2.24, 2.45) is 0 Å². The Hall–Kier alpha value is -1.84. The van der Waals surface area contributed by atoms with E-state index in [1.807, 2.05) is 24.3 Å². The van der Waals surface area contributed by atoms with Crippen LogP contribution in [-0.4, -0.2) is 19.0 Å². The highest BCUT2D eigenvalue weighted by molar-refractivity contribution is 5.75. The average molecular weight is 286 g/mol. The van der Waals surface area contributed by atoms with Crippen molar-refractivity contribution in [1.82, 2.24) is 0 Å². The molecule has 0 aromatic heterocycles. The summed E-state index contributed by atoms with van der Waals surface area (Å²) in [6.45, 7) is 6.51. The highest BCUT2D eigenvalue weighted by Crippen LogP contribution is 2.34. The lowest BCUT2D eigenvalue weighted by atomic mass is 9.90. The minimum absolute atomic E-state index is 0.0623. The van der Waals surface area contributed by atoms with Crippen LogP contribution in [0.25, 0.3) is 11.1 Å². The second-order valence-electron chi connectivity index (χ2n) is 5.23. The summed E-state index contributed by atoms with van der Waals surface area (Å²) in [7, 11) is 1.61. The van der Waals surface area contributed by atoms with Crippen LogP contribution in [0.4, 0.5) is 0 Å². The minimum atomic E-state index is 0.0623. The first-order valence-corrected chi connectivity index (χ1v) is 7.01. The molecule has 112 valence electrons. The van der Waals surface area contributed by atoms with E-state index in [9.17, 15) is 5.11 Å². The summed E-state index contributed by atoms with van der Waals surface area (Å²) in [5.74, 6) is 0.812. The molecule has 3 nitrogen and oxygen atoms in total. The Morgan fingerprint density at radius 1 is 1.05 bits per heavy atom. The Morgan fingerprint density at radius 2 is 1.71 bits per heavy atom. The molecule has 1 N–H and O–H groups in total. The molecule has 2 aromatic carbocycles. The first kappa shape index (κ1) is 15.5. The lowest BCUT2D eigenvalue weighted by Gasteiger charge is -2.16. The van der Waals surface area contributed by atoms with Gasteiger partial charge in [-0.1, -0.05) is 18.2 Å². The van der Waals surface area contributed by atoms with Gasteiger partial charge in [-0.05, 0) is 66.3 Å². The van der Waals surface area contributed by atoms with E-state index >= 15 is 0 Å². The minimum Gasteiger partial charge on any atom is -0.468 e. The van der Waals surface area contributed by atoms with Crippen molar-refractivity contribution >= 4 is 0 Å². The number of benzene rings is 2. The molecule has 2 rings (SSSR count). The predicted octanol–water partition coefficient (Wildman–Crippen LogP) is 3.75. The highest BCUT2D eigenvalue weighted by Gasteiger charge is 2.12. The number of aryl methyl sites for hydroxylation is 2. The molecule has 0 aliphatic carbocycles. The van der Waals surface area contributed by atoms with Gasteiger partial charge in [0.05, 0.1) is 6.61 Å². The third kappa shape index (κ3) is 3.26. The van der Waals surface area contributed by atoms with Crippen molar-refractivity contribution in [3.63, 3.8) is 0 Å². The molecular weight excluding hydrogens is 264 g/mol. The fraction of sp³-hybridized carbons (Fsp3) is 0.333. The van der Waals surface area contributed by atoms with Crippen molar-refractivity contribution in [3.05, 3.63) is 52.6 Å². The molecular formula is C18H22O3. The molecule has 0 aliphatic heterocycles. The monoisotopic (exact) mass is 286 g/mol. The van der Waals surface area contributed by atoms with Crippen molar-refractivity contribution < 1.29 is 14.6 Å². The van der Waals surface area contributed by atoms with E-state index in [1.54, 1.807) is 7.11 Å². The molecule has 0 spiro atoms. The molecule has 0 fully saturated rings. The Kier molecular flexibility index (Phi) is 4.99. The van der Waals surface area contributed by atoms with E-state index in [0.717, 1.165) is 33.6 Å². The fourth-order valence-electron chi connectivity index (χ4n) is 2.68. The third-order valence-corrected chi connectivity index (χ3v) is 3.74. The fourth-order valence-corrected chi connectivity index (χ4v) is 2.68. The van der Waals surface area contributed by atoms with Crippen molar-refractivity contribution in [2.75, 3.05) is 13.9 Å². The van der Waals surface area contributed by atoms with Crippen molar-refractivity contribution in [2.45, 2.75) is 27.4 Å². The van der Waals surface area contributed by atoms with Gasteiger partial charge in [0.15, 0.2) is 6.79 Å². The van der Waals surface area contributed by atoms with Gasteiger partial charge < -0.3 is 14.6 Å². The normalized spacial score (nSPS) is 10.7. The molecule has 3 heteroatoms. The summed E-state index contributed by atoms with van der Waals surface area (Å²) in [4.78, 5) is 0. The zero-order valence-electron chi connectivity index (χ0n) is 13.1. The molecule has 0 amide bonds. The van der Waals surface area contributed by atoms with Crippen LogP contribution in [0.3, 0.4) is 0 Å². The average Bonchev–Trinajstić information content (AvgIpc) is 2.46. The Bertz CT molecular complexity index is 609. The topological polar surface area (TPSA) is 38.7 Å². The van der Waals surface area contributed by atoms with Gasteiger partial charge in [0.1, 0.15) is 5.75 Å². The summed E-state index contributed by atoms with van der Waals surface area (Å²) in [5.41, 5.74) is 6.75. The van der Waals surface area contributed by atoms with Gasteiger partial charge in [0, 0.05) is 7.11 Å². The van der Waals surface area contributed by atoms with Crippen LogP contribution in [0.15, 0.2) is 30.3 Å². The largest absolute Gasteiger partial charge is 0.468 e. The molecule has 0 aliphatic rings. The van der Waals surface area contributed by atoms with Crippen LogP contribution in [0.2, 0.25) is 0 Å². The molecule has 0 heterocycles. The zero-order valence-corrected chi connectivity index (χ0v) is 13.1. The summed E-state index contributed by atoms with van der Waals surface area (Å²) < 4.78 is 10.5. The van der Waals surface area contributed by atoms with Crippen LogP contribution >= 0.6 is 0 Å². The SMILES string of the molecule is COCOc1cc(C)c(-c2cccc(CO)c2C)c(C)c1. The standard InChI is InChI=1S/C18H22O3/c1-12-8-16(21-11-20-4)9-13(2)18(12)17-7-5-6-15(10-19)14(17)3/h5-9,19H,10-11H2,1-4H3. The lowest BCUT2D eigenvalue weighted by Crippen LogP contribution is -2.01. The van der Waals surface area contributed by atoms with Gasteiger partial charge in [0.25, 0.3) is 0 Å². The number of methoxy groups -OCH3 is 1. The first-order valence-electron chi connectivity index (χ1n) is 7.01. The molecule has 0 saturated carbocycles. The maximum Gasteiger partial charge on any atom is 0.188 e. The second kappa shape index (κ2) is 6.74. The van der Waals surface area contributed by atoms with E-state index < -0.39 is 0 Å². The number of aliphatic hydroxyl groups is 1. The second-order valence-corrected chi connectivity index (χ2v) is 5.23. The van der Waals surface area contributed by atoms with Crippen LogP contribution < -0.4 is 4.74 Å². The molecule has 21 heavy (non-hydrogen) atoms. The Balaban J connectivity index is 2.50. The Morgan fingerprint density at radius 3 is 2.29 bits per heavy atom. The van der Waals surface area contributed by atoms with Crippen molar-refractivity contribution in [1.29, 1.82) is 0 Å². The summed E-state index contributed by atoms with van der Waals surface area (Å²) in [6, 6.07) is 10.1. The van der Waals surface area contributed by atoms with Gasteiger partial charge in [-0.2, -0.15) is 0 Å². The van der Waals surface area contributed by atoms with Crippen LogP contribution in [0, 0.1) is 20.8 Å². The van der Waals surface area contributed by atoms with E-state index in [4.69, 9.17) is 9.47 Å². The van der Waals surface area contributed by atoms with Gasteiger partial charge in [-0.3, -0.25) is 0 Å². The van der Waals surface area contributed by atoms with Crippen LogP contribution in [-0.2, 0) is 11.3 Å². The Labute approximate surface area is 126 Å². The molecule has 0 atom stereocenters. The van der Waals surface area contributed by atoms with Gasteiger partial charge in [-0.15, -0.1) is 0 Å². The van der Waals surface area contributed by atoms with Crippen LogP contribution in [0.5, 0.6) is 5.75 Å². The smallest absolute Gasteiger partial charge is 0.188 e. The number of hydrogen-bond acceptors (Lipinski definition) is 3. The molecule has 0 saturated heterocycles. The first-order chi connectivity index (χ1) is 10.1. The molecule has 0 unspecified atom stereocenters. The van der Waals surface area contributed by atoms with Gasteiger partial charge in [0.2, 0.25) is 0 Å². The van der Waals surface area contributed by atoms with Gasteiger partial charge >= 0.3 is 0 Å². The zero-order chi connectivity index (χ0) is 15.4.